The molecule has 2 saturated heterocycles. The molecule has 0 bridgehead atoms. The Morgan fingerprint density at radius 2 is 1.87 bits per heavy atom. The first-order valence-corrected chi connectivity index (χ1v) is 14.8. The van der Waals surface area contributed by atoms with Crippen molar-refractivity contribution in [1.29, 1.82) is 0 Å². The molecule has 1 aromatic heterocycles. The second-order valence-corrected chi connectivity index (χ2v) is 12.3. The Morgan fingerprint density at radius 1 is 1.10 bits per heavy atom. The van der Waals surface area contributed by atoms with Crippen LogP contribution in [0.5, 0.6) is 0 Å². The summed E-state index contributed by atoms with van der Waals surface area (Å²) in [5, 5.41) is 10.3. The second kappa shape index (κ2) is 11.5. The number of benzene rings is 2. The number of aromatic amines is 1. The number of hydrogen-bond donors (Lipinski definition) is 2. The van der Waals surface area contributed by atoms with Crippen LogP contribution in [0.25, 0.3) is 11.4 Å². The van der Waals surface area contributed by atoms with Gasteiger partial charge in [0, 0.05) is 55.5 Å². The molecule has 2 aromatic carbocycles. The van der Waals surface area contributed by atoms with E-state index in [1.54, 1.807) is 23.1 Å². The zero-order valence-electron chi connectivity index (χ0n) is 21.8. The molecule has 1 unspecified atom stereocenters. The van der Waals surface area contributed by atoms with Crippen LogP contribution in [0.2, 0.25) is 0 Å². The van der Waals surface area contributed by atoms with E-state index in [9.17, 15) is 18.0 Å². The third-order valence-corrected chi connectivity index (χ3v) is 8.79. The molecule has 12 heteroatoms. The number of rotatable bonds is 6. The predicted octanol–water partition coefficient (Wildman–Crippen LogP) is 2.90. The number of ether oxygens (including phenoxy) is 1. The number of hydrogen-bond acceptors (Lipinski definition) is 8. The molecule has 2 aliphatic rings. The van der Waals surface area contributed by atoms with Crippen molar-refractivity contribution in [3.05, 3.63) is 65.5 Å². The number of methoxy groups -OCH3 is 1. The number of H-pyrrole nitrogens is 1. The summed E-state index contributed by atoms with van der Waals surface area (Å²) in [5.41, 5.74) is 2.95. The molecule has 206 valence electrons. The summed E-state index contributed by atoms with van der Waals surface area (Å²) in [6.07, 6.45) is 1.45. The molecule has 0 spiro atoms. The van der Waals surface area contributed by atoms with Gasteiger partial charge in [0.2, 0.25) is 0 Å². The smallest absolute Gasteiger partial charge is 0.409 e. The minimum absolute atomic E-state index is 0.0661. The maximum atomic E-state index is 12.9. The minimum Gasteiger partial charge on any atom is -0.453 e. The molecule has 2 amide bonds. The minimum atomic E-state index is -2.93. The first kappa shape index (κ1) is 26.8. The quantitative estimate of drug-likeness (QED) is 0.476. The molecule has 0 saturated carbocycles. The van der Waals surface area contributed by atoms with Gasteiger partial charge in [-0.15, -0.1) is 0 Å². The molecule has 3 heterocycles. The highest BCUT2D eigenvalue weighted by Crippen LogP contribution is 2.27. The van der Waals surface area contributed by atoms with Crippen molar-refractivity contribution in [3.8, 4) is 11.4 Å². The van der Waals surface area contributed by atoms with Crippen LogP contribution in [-0.4, -0.2) is 90.2 Å². The van der Waals surface area contributed by atoms with E-state index in [1.165, 1.54) is 7.11 Å². The highest BCUT2D eigenvalue weighted by atomic mass is 32.2. The number of anilines is 1. The Bertz CT molecular complexity index is 1420. The molecular formula is C27H32N6O5S. The van der Waals surface area contributed by atoms with Crippen LogP contribution in [0.15, 0.2) is 48.5 Å². The first-order valence-electron chi connectivity index (χ1n) is 13.0. The summed E-state index contributed by atoms with van der Waals surface area (Å²) >= 11 is 0. The average Bonchev–Trinajstić information content (AvgIpc) is 3.45. The monoisotopic (exact) mass is 552 g/mol. The van der Waals surface area contributed by atoms with Crippen LogP contribution >= 0.6 is 0 Å². The van der Waals surface area contributed by atoms with Crippen molar-refractivity contribution in [2.24, 2.45) is 0 Å². The van der Waals surface area contributed by atoms with Crippen LogP contribution in [-0.2, 0) is 21.1 Å². The third kappa shape index (κ3) is 6.63. The molecule has 39 heavy (non-hydrogen) atoms. The summed E-state index contributed by atoms with van der Waals surface area (Å²) in [6, 6.07) is 14.7. The van der Waals surface area contributed by atoms with Gasteiger partial charge in [-0.3, -0.25) is 14.8 Å². The maximum absolute atomic E-state index is 12.9. The largest absolute Gasteiger partial charge is 0.453 e. The molecule has 2 aliphatic heterocycles. The molecule has 0 radical (unpaired) electrons. The molecule has 1 atom stereocenters. The van der Waals surface area contributed by atoms with Crippen LogP contribution < -0.4 is 5.32 Å². The Labute approximate surface area is 227 Å². The fourth-order valence-corrected chi connectivity index (χ4v) is 6.24. The van der Waals surface area contributed by atoms with Crippen LogP contribution in [0.3, 0.4) is 0 Å². The van der Waals surface area contributed by atoms with E-state index in [2.05, 4.69) is 25.4 Å². The van der Waals surface area contributed by atoms with Crippen molar-refractivity contribution in [1.82, 2.24) is 25.0 Å². The summed E-state index contributed by atoms with van der Waals surface area (Å²) in [6.45, 7) is 2.82. The van der Waals surface area contributed by atoms with Gasteiger partial charge in [0.05, 0.1) is 18.6 Å². The Hall–Kier alpha value is -3.77. The van der Waals surface area contributed by atoms with Gasteiger partial charge in [-0.2, -0.15) is 5.10 Å². The van der Waals surface area contributed by atoms with Crippen molar-refractivity contribution in [3.63, 3.8) is 0 Å². The number of carbonyl (C=O) groups is 2. The van der Waals surface area contributed by atoms with E-state index in [4.69, 9.17) is 4.74 Å². The van der Waals surface area contributed by atoms with Gasteiger partial charge in [-0.25, -0.2) is 18.2 Å². The summed E-state index contributed by atoms with van der Waals surface area (Å²) in [5.74, 6) is 1.48. The summed E-state index contributed by atoms with van der Waals surface area (Å²) in [4.78, 5) is 33.2. The van der Waals surface area contributed by atoms with E-state index < -0.39 is 9.84 Å². The summed E-state index contributed by atoms with van der Waals surface area (Å²) < 4.78 is 28.2. The number of sulfone groups is 1. The van der Waals surface area contributed by atoms with Gasteiger partial charge in [0.1, 0.15) is 5.82 Å². The average molecular weight is 553 g/mol. The predicted molar refractivity (Wildman–Crippen MR) is 146 cm³/mol. The highest BCUT2D eigenvalue weighted by Gasteiger charge is 2.27. The Morgan fingerprint density at radius 3 is 2.62 bits per heavy atom. The molecular weight excluding hydrogens is 520 g/mol. The lowest BCUT2D eigenvalue weighted by atomic mass is 9.98. The topological polar surface area (TPSA) is 138 Å². The van der Waals surface area contributed by atoms with Crippen molar-refractivity contribution < 1.29 is 22.7 Å². The van der Waals surface area contributed by atoms with Crippen LogP contribution in [0.4, 0.5) is 10.5 Å². The number of amides is 2. The van der Waals surface area contributed by atoms with E-state index >= 15 is 0 Å². The van der Waals surface area contributed by atoms with Gasteiger partial charge in [0.15, 0.2) is 15.7 Å². The fraction of sp³-hybridized carbons (Fsp3) is 0.407. The third-order valence-electron chi connectivity index (χ3n) is 7.18. The number of carbonyl (C=O) groups excluding carboxylic acids is 2. The molecule has 2 fully saturated rings. The zero-order valence-corrected chi connectivity index (χ0v) is 22.6. The lowest BCUT2D eigenvalue weighted by Crippen LogP contribution is -2.39. The van der Waals surface area contributed by atoms with Gasteiger partial charge < -0.3 is 15.0 Å². The number of nitrogens with one attached hydrogen (secondary N) is 2. The number of likely N-dealkylation sites (tertiary alicyclic amines) is 1. The lowest BCUT2D eigenvalue weighted by molar-refractivity contribution is 0.102. The lowest BCUT2D eigenvalue weighted by Gasteiger charge is -2.30. The molecule has 0 aliphatic carbocycles. The summed E-state index contributed by atoms with van der Waals surface area (Å²) in [7, 11) is -1.54. The fourth-order valence-electron chi connectivity index (χ4n) is 4.96. The molecule has 5 rings (SSSR count). The maximum Gasteiger partial charge on any atom is 0.409 e. The zero-order chi connectivity index (χ0) is 27.4. The number of aromatic nitrogens is 3. The first-order chi connectivity index (χ1) is 18.8. The van der Waals surface area contributed by atoms with E-state index in [1.807, 2.05) is 30.3 Å². The van der Waals surface area contributed by atoms with Crippen molar-refractivity contribution >= 4 is 27.5 Å². The van der Waals surface area contributed by atoms with Gasteiger partial charge in [0.25, 0.3) is 5.91 Å². The van der Waals surface area contributed by atoms with E-state index in [0.717, 1.165) is 29.8 Å². The molecule has 2 N–H and O–H groups in total. The van der Waals surface area contributed by atoms with Crippen molar-refractivity contribution in [2.75, 3.05) is 50.1 Å². The number of piperidine rings is 1. The normalized spacial score (nSPS) is 19.4. The van der Waals surface area contributed by atoms with Crippen LogP contribution in [0.1, 0.15) is 40.5 Å². The van der Waals surface area contributed by atoms with Gasteiger partial charge >= 0.3 is 6.09 Å². The molecule has 11 nitrogen and oxygen atoms in total. The van der Waals surface area contributed by atoms with Gasteiger partial charge in [-0.1, -0.05) is 12.1 Å². The second-order valence-electron chi connectivity index (χ2n) is 9.96. The number of nitrogens with zero attached hydrogens (tertiary/aromatic N) is 4. The highest BCUT2D eigenvalue weighted by molar-refractivity contribution is 7.91. The molecule has 3 aromatic rings. The Balaban J connectivity index is 1.19. The van der Waals surface area contributed by atoms with E-state index in [-0.39, 0.29) is 29.4 Å². The van der Waals surface area contributed by atoms with Gasteiger partial charge in [-0.05, 0) is 54.8 Å². The van der Waals surface area contributed by atoms with Crippen molar-refractivity contribution in [2.45, 2.75) is 25.3 Å². The Kier molecular flexibility index (Phi) is 7.94. The van der Waals surface area contributed by atoms with Crippen LogP contribution in [0, 0.1) is 0 Å². The van der Waals surface area contributed by atoms with E-state index in [0.29, 0.717) is 49.8 Å². The SMILES string of the molecule is COC(=O)N1CCCC(c2nc(-c3ccc(NC(=O)c4cccc(CN5CCS(=O)(=O)CC5)c4)cc3)n[nH]2)C1. The standard InChI is InChI=1S/C27H32N6O5S/c1-38-27(35)33-11-3-6-22(18-33)25-29-24(30-31-25)20-7-9-23(10-8-20)28-26(34)21-5-2-4-19(16-21)17-32-12-14-39(36,37)15-13-32/h2,4-5,7-10,16,22H,3,6,11-15,17-18H2,1H3,(H,28,34)(H,29,30,31).